The van der Waals surface area contributed by atoms with E-state index in [2.05, 4.69) is 121 Å². The Morgan fingerprint density at radius 3 is 0.911 bits per heavy atom. The normalized spacial score (nSPS) is 11.0. The van der Waals surface area contributed by atoms with Crippen LogP contribution in [0.15, 0.2) is 97.1 Å². The van der Waals surface area contributed by atoms with E-state index in [0.717, 1.165) is 56.6 Å². The summed E-state index contributed by atoms with van der Waals surface area (Å²) in [5, 5.41) is 4.37. The average molecular weight is 759 g/mol. The lowest BCUT2D eigenvalue weighted by Gasteiger charge is -2.10. The molecular weight excluding hydrogens is 705 g/mol. The zero-order valence-electron chi connectivity index (χ0n) is 32.8. The molecule has 56 heavy (non-hydrogen) atoms. The monoisotopic (exact) mass is 758 g/mol. The molecule has 0 bridgehead atoms. The van der Waals surface area contributed by atoms with Gasteiger partial charge in [-0.05, 0) is 69.8 Å². The highest BCUT2D eigenvalue weighted by Gasteiger charge is 2.11. The molecule has 294 valence electrons. The summed E-state index contributed by atoms with van der Waals surface area (Å²) in [5.41, 5.74) is 6.36. The van der Waals surface area contributed by atoms with Gasteiger partial charge in [0.1, 0.15) is 0 Å². The van der Waals surface area contributed by atoms with E-state index < -0.39 is 0 Å². The third-order valence-corrected chi connectivity index (χ3v) is 8.92. The fraction of sp³-hybridized carbons (Fsp3) is 0.375. The molecule has 0 heterocycles. The van der Waals surface area contributed by atoms with Crippen molar-refractivity contribution in [2.45, 2.75) is 12.8 Å². The van der Waals surface area contributed by atoms with Gasteiger partial charge in [-0.3, -0.25) is 0 Å². The summed E-state index contributed by atoms with van der Waals surface area (Å²) in [6, 6.07) is 33.7. The van der Waals surface area contributed by atoms with Gasteiger partial charge in [0.2, 0.25) is 0 Å². The lowest BCUT2D eigenvalue weighted by molar-refractivity contribution is 0.00406. The summed E-state index contributed by atoms with van der Waals surface area (Å²) in [4.78, 5) is 0. The van der Waals surface area contributed by atoms with Crippen LogP contribution in [0.25, 0.3) is 21.5 Å². The van der Waals surface area contributed by atoms with Crippen LogP contribution >= 0.6 is 0 Å². The largest absolute Gasteiger partial charge is 0.382 e. The van der Waals surface area contributed by atoms with Gasteiger partial charge in [0.25, 0.3) is 0 Å². The molecule has 0 saturated heterocycles. The maximum Gasteiger partial charge on any atom is 0.0701 e. The Morgan fingerprint density at radius 1 is 0.321 bits per heavy atom. The maximum absolute atomic E-state index is 5.76. The molecule has 8 nitrogen and oxygen atoms in total. The number of benzene rings is 5. The lowest BCUT2D eigenvalue weighted by atomic mass is 9.91. The summed E-state index contributed by atoms with van der Waals surface area (Å²) in [6.45, 7) is 8.08. The van der Waals surface area contributed by atoms with Crippen LogP contribution in [0.2, 0.25) is 0 Å². The molecule has 0 aliphatic rings. The molecule has 0 saturated carbocycles. The third-order valence-electron chi connectivity index (χ3n) is 8.92. The molecule has 8 heteroatoms. The van der Waals surface area contributed by atoms with Crippen LogP contribution in [0.3, 0.4) is 0 Å². The maximum atomic E-state index is 5.76. The number of ether oxygens (including phenoxy) is 8. The van der Waals surface area contributed by atoms with E-state index in [1.807, 2.05) is 0 Å². The van der Waals surface area contributed by atoms with Crippen LogP contribution < -0.4 is 0 Å². The van der Waals surface area contributed by atoms with Crippen LogP contribution in [0.1, 0.15) is 33.4 Å². The van der Waals surface area contributed by atoms with Gasteiger partial charge in [-0.1, -0.05) is 96.5 Å². The predicted octanol–water partition coefficient (Wildman–Crippen LogP) is 7.27. The van der Waals surface area contributed by atoms with E-state index in [4.69, 9.17) is 37.9 Å². The molecule has 0 aliphatic carbocycles. The SMILES string of the molecule is COCCOCCOCCOCCc1ccc(C#Cc2c3ccccc3c(C#Cc3ccc(CCOCCOCCOCCOC)cc3)c3ccccc23)cc1. The molecular formula is C48H54O8. The Labute approximate surface area is 332 Å². The topological polar surface area (TPSA) is 73.8 Å². The lowest BCUT2D eigenvalue weighted by Crippen LogP contribution is -2.12. The van der Waals surface area contributed by atoms with Gasteiger partial charge in [0.15, 0.2) is 0 Å². The van der Waals surface area contributed by atoms with Crippen molar-refractivity contribution < 1.29 is 37.9 Å². The van der Waals surface area contributed by atoms with Crippen LogP contribution in [-0.4, -0.2) is 107 Å². The average Bonchev–Trinajstić information content (AvgIpc) is 3.24. The van der Waals surface area contributed by atoms with Crippen molar-refractivity contribution in [3.8, 4) is 23.7 Å². The van der Waals surface area contributed by atoms with Crippen LogP contribution in [0.5, 0.6) is 0 Å². The van der Waals surface area contributed by atoms with Crippen molar-refractivity contribution in [3.63, 3.8) is 0 Å². The Balaban J connectivity index is 1.15. The van der Waals surface area contributed by atoms with Gasteiger partial charge in [-0.15, -0.1) is 0 Å². The third kappa shape index (κ3) is 14.5. The van der Waals surface area contributed by atoms with Gasteiger partial charge < -0.3 is 37.9 Å². The molecule has 0 N–H and O–H groups in total. The summed E-state index contributed by atoms with van der Waals surface area (Å²) in [7, 11) is 3.32. The smallest absolute Gasteiger partial charge is 0.0701 e. The number of fused-ring (bicyclic) bond motifs is 2. The molecule has 0 spiro atoms. The number of methoxy groups -OCH3 is 2. The van der Waals surface area contributed by atoms with Gasteiger partial charge in [-0.2, -0.15) is 0 Å². The fourth-order valence-corrected chi connectivity index (χ4v) is 5.92. The summed E-state index contributed by atoms with van der Waals surface area (Å²) in [5.74, 6) is 13.9. The van der Waals surface area contributed by atoms with Crippen molar-refractivity contribution >= 4 is 21.5 Å². The second kappa shape index (κ2) is 25.6. The molecule has 0 aliphatic heterocycles. The minimum Gasteiger partial charge on any atom is -0.382 e. The van der Waals surface area contributed by atoms with Gasteiger partial charge >= 0.3 is 0 Å². The Hall–Kier alpha value is -4.58. The summed E-state index contributed by atoms with van der Waals surface area (Å²) < 4.78 is 43.3. The van der Waals surface area contributed by atoms with E-state index in [1.54, 1.807) is 14.2 Å². The zero-order valence-corrected chi connectivity index (χ0v) is 32.8. The first-order chi connectivity index (χ1) is 27.8. The fourth-order valence-electron chi connectivity index (χ4n) is 5.92. The van der Waals surface area contributed by atoms with Gasteiger partial charge in [-0.25, -0.2) is 0 Å². The van der Waals surface area contributed by atoms with Gasteiger partial charge in [0, 0.05) is 36.5 Å². The van der Waals surface area contributed by atoms with Crippen LogP contribution in [0.4, 0.5) is 0 Å². The Bertz CT molecular complexity index is 1800. The van der Waals surface area contributed by atoms with Gasteiger partial charge in [0.05, 0.1) is 92.5 Å². The van der Waals surface area contributed by atoms with E-state index >= 15 is 0 Å². The standard InChI is InChI=1S/C48H54O8/c1-49-27-29-53-35-37-55-33-31-51-25-23-41-15-11-39(12-16-41)19-21-47-43-7-3-5-9-45(43)48(46-10-6-4-8-44(46)47)22-20-40-13-17-42(18-14-40)24-26-52-32-34-56-38-36-54-30-28-50-2/h3-18H,23-38H2,1-2H3. The first-order valence-electron chi connectivity index (χ1n) is 19.4. The summed E-state index contributed by atoms with van der Waals surface area (Å²) in [6.07, 6.45) is 1.66. The minimum absolute atomic E-state index is 0.552. The van der Waals surface area contributed by atoms with E-state index in [9.17, 15) is 0 Å². The molecule has 0 amide bonds. The van der Waals surface area contributed by atoms with Crippen LogP contribution in [-0.2, 0) is 50.7 Å². The molecule has 0 unspecified atom stereocenters. The highest BCUT2D eigenvalue weighted by molar-refractivity contribution is 6.09. The highest BCUT2D eigenvalue weighted by Crippen LogP contribution is 2.32. The van der Waals surface area contributed by atoms with Crippen molar-refractivity contribution in [1.82, 2.24) is 0 Å². The molecule has 0 aromatic heterocycles. The second-order valence-corrected chi connectivity index (χ2v) is 12.9. The highest BCUT2D eigenvalue weighted by atomic mass is 16.6. The van der Waals surface area contributed by atoms with Crippen molar-refractivity contribution in [2.24, 2.45) is 0 Å². The summed E-state index contributed by atoms with van der Waals surface area (Å²) >= 11 is 0. The number of hydrogen-bond acceptors (Lipinski definition) is 8. The molecule has 0 atom stereocenters. The second-order valence-electron chi connectivity index (χ2n) is 12.9. The Morgan fingerprint density at radius 2 is 0.607 bits per heavy atom. The quantitative estimate of drug-likeness (QED) is 0.0370. The molecule has 5 aromatic carbocycles. The van der Waals surface area contributed by atoms with Crippen molar-refractivity contribution in [2.75, 3.05) is 107 Å². The molecule has 5 rings (SSSR count). The van der Waals surface area contributed by atoms with Crippen LogP contribution in [0, 0.1) is 23.7 Å². The number of rotatable bonds is 24. The first kappa shape index (κ1) is 42.6. The van der Waals surface area contributed by atoms with Crippen molar-refractivity contribution in [3.05, 3.63) is 130 Å². The number of hydrogen-bond donors (Lipinski definition) is 0. The van der Waals surface area contributed by atoms with Crippen molar-refractivity contribution in [1.29, 1.82) is 0 Å². The predicted molar refractivity (Wildman–Crippen MR) is 222 cm³/mol. The molecule has 0 fully saturated rings. The van der Waals surface area contributed by atoms with E-state index in [1.165, 1.54) is 11.1 Å². The van der Waals surface area contributed by atoms with E-state index in [-0.39, 0.29) is 0 Å². The van der Waals surface area contributed by atoms with E-state index in [0.29, 0.717) is 92.5 Å². The molecule has 0 radical (unpaired) electrons. The molecule has 5 aromatic rings. The first-order valence-corrected chi connectivity index (χ1v) is 19.4. The Kier molecular flexibility index (Phi) is 19.4. The minimum atomic E-state index is 0.552. The zero-order chi connectivity index (χ0) is 38.9.